The zero-order chi connectivity index (χ0) is 10.1. The molecule has 72 valence electrons. The van der Waals surface area contributed by atoms with E-state index in [0.29, 0.717) is 4.47 Å². The molecule has 13 heavy (non-hydrogen) atoms. The summed E-state index contributed by atoms with van der Waals surface area (Å²) in [6, 6.07) is 4.95. The third kappa shape index (κ3) is 3.60. The summed E-state index contributed by atoms with van der Waals surface area (Å²) in [6.07, 6.45) is 0. The molecular weight excluding hydrogens is 346 g/mol. The van der Waals surface area contributed by atoms with E-state index in [2.05, 4.69) is 36.4 Å². The Kier molecular flexibility index (Phi) is 3.83. The molecule has 1 aromatic rings. The molecule has 0 aliphatic heterocycles. The van der Waals surface area contributed by atoms with Gasteiger partial charge in [-0.1, -0.05) is 6.07 Å². The van der Waals surface area contributed by atoms with Gasteiger partial charge in [0.15, 0.2) is 0 Å². The highest BCUT2D eigenvalue weighted by atomic mass is 79.9. The Bertz CT molecular complexity index is 365. The van der Waals surface area contributed by atoms with E-state index in [4.69, 9.17) is 16.1 Å². The van der Waals surface area contributed by atoms with Crippen molar-refractivity contribution >= 4 is 50.0 Å². The maximum atomic E-state index is 10.7. The maximum absolute atomic E-state index is 10.7. The van der Waals surface area contributed by atoms with Crippen LogP contribution in [-0.2, 0) is 4.57 Å². The van der Waals surface area contributed by atoms with E-state index in [-0.39, 0.29) is 5.75 Å². The van der Waals surface area contributed by atoms with Gasteiger partial charge < -0.3 is 9.42 Å². The monoisotopic (exact) mass is 348 g/mol. The van der Waals surface area contributed by atoms with E-state index in [1.165, 1.54) is 6.07 Å². The summed E-state index contributed by atoms with van der Waals surface area (Å²) in [5.74, 6) is 0.218. The molecule has 0 radical (unpaired) electrons. The Hall–Kier alpha value is 0.460. The number of rotatable bonds is 2. The Labute approximate surface area is 96.6 Å². The molecule has 1 rings (SSSR count). The molecule has 1 aromatic carbocycles. The smallest absolute Gasteiger partial charge is 0.412 e. The number of hydrogen-bond acceptors (Lipinski definition) is 2. The van der Waals surface area contributed by atoms with Crippen LogP contribution < -0.4 is 4.52 Å². The second-order valence-electron chi connectivity index (χ2n) is 2.09. The minimum absolute atomic E-state index is 0.218. The Morgan fingerprint density at radius 1 is 1.46 bits per heavy atom. The fourth-order valence-electron chi connectivity index (χ4n) is 0.676. The molecule has 0 aliphatic carbocycles. The summed E-state index contributed by atoms with van der Waals surface area (Å²) in [6.45, 7) is -4.01. The molecular formula is C6H4Br2ClO3P. The normalized spacial score (nSPS) is 15.1. The average molecular weight is 350 g/mol. The van der Waals surface area contributed by atoms with Crippen LogP contribution in [0.3, 0.4) is 0 Å². The minimum Gasteiger partial charge on any atom is -0.412 e. The first kappa shape index (κ1) is 11.5. The molecule has 7 heteroatoms. The molecule has 0 saturated carbocycles. The molecule has 0 heterocycles. The highest BCUT2D eigenvalue weighted by Gasteiger charge is 2.18. The van der Waals surface area contributed by atoms with Crippen molar-refractivity contribution in [3.05, 3.63) is 27.1 Å². The van der Waals surface area contributed by atoms with Crippen molar-refractivity contribution in [3.63, 3.8) is 0 Å². The zero-order valence-corrected chi connectivity index (χ0v) is 10.9. The maximum Gasteiger partial charge on any atom is 0.474 e. The third-order valence-electron chi connectivity index (χ3n) is 1.13. The van der Waals surface area contributed by atoms with Gasteiger partial charge in [-0.2, -0.15) is 0 Å². The van der Waals surface area contributed by atoms with Crippen molar-refractivity contribution in [2.24, 2.45) is 0 Å². The molecule has 0 bridgehead atoms. The zero-order valence-electron chi connectivity index (χ0n) is 6.08. The lowest BCUT2D eigenvalue weighted by atomic mass is 10.3. The van der Waals surface area contributed by atoms with Crippen LogP contribution in [0.5, 0.6) is 5.75 Å². The Balaban J connectivity index is 3.03. The molecule has 0 fully saturated rings. The van der Waals surface area contributed by atoms with E-state index in [9.17, 15) is 4.57 Å². The van der Waals surface area contributed by atoms with Crippen LogP contribution in [0, 0.1) is 0 Å². The van der Waals surface area contributed by atoms with Crippen LogP contribution in [0.1, 0.15) is 0 Å². The van der Waals surface area contributed by atoms with Crippen LogP contribution in [-0.4, -0.2) is 4.89 Å². The SMILES string of the molecule is O=P(O)(Cl)Oc1cccc(Br)c1Br. The number of benzene rings is 1. The largest absolute Gasteiger partial charge is 0.474 e. The van der Waals surface area contributed by atoms with Crippen molar-refractivity contribution in [3.8, 4) is 5.75 Å². The van der Waals surface area contributed by atoms with Gasteiger partial charge in [-0.3, -0.25) is 0 Å². The quantitative estimate of drug-likeness (QED) is 0.822. The lowest BCUT2D eigenvalue weighted by Gasteiger charge is -2.08. The van der Waals surface area contributed by atoms with Gasteiger partial charge in [0.1, 0.15) is 5.75 Å². The summed E-state index contributed by atoms with van der Waals surface area (Å²) < 4.78 is 16.6. The van der Waals surface area contributed by atoms with Crippen molar-refractivity contribution < 1.29 is 14.0 Å². The summed E-state index contributed by atoms with van der Waals surface area (Å²) in [5.41, 5.74) is 0. The molecule has 0 saturated heterocycles. The molecule has 1 atom stereocenters. The van der Waals surface area contributed by atoms with Gasteiger partial charge in [0.2, 0.25) is 0 Å². The van der Waals surface area contributed by atoms with E-state index in [1.807, 2.05) is 0 Å². The van der Waals surface area contributed by atoms with Gasteiger partial charge in [0, 0.05) is 15.7 Å². The fraction of sp³-hybridized carbons (Fsp3) is 0. The fourth-order valence-corrected chi connectivity index (χ4v) is 2.11. The first-order valence-electron chi connectivity index (χ1n) is 3.06. The van der Waals surface area contributed by atoms with Crippen molar-refractivity contribution in [1.82, 2.24) is 0 Å². The molecule has 0 aromatic heterocycles. The van der Waals surface area contributed by atoms with Gasteiger partial charge in [-0.15, -0.1) is 0 Å². The first-order valence-corrected chi connectivity index (χ1v) is 7.13. The van der Waals surface area contributed by atoms with Crippen LogP contribution in [0.25, 0.3) is 0 Å². The highest BCUT2D eigenvalue weighted by molar-refractivity contribution is 9.13. The second-order valence-corrected chi connectivity index (χ2v) is 6.11. The Morgan fingerprint density at radius 2 is 2.08 bits per heavy atom. The van der Waals surface area contributed by atoms with Gasteiger partial charge >= 0.3 is 6.95 Å². The standard InChI is InChI=1S/C6H4Br2ClO3P/c7-4-2-1-3-5(6(4)8)12-13(9,10)11/h1-3H,(H,10,11). The van der Waals surface area contributed by atoms with Crippen LogP contribution in [0.15, 0.2) is 27.1 Å². The van der Waals surface area contributed by atoms with Gasteiger partial charge in [-0.25, -0.2) is 4.57 Å². The summed E-state index contributed by atoms with van der Waals surface area (Å²) in [5, 5.41) is 0. The number of halogens is 3. The minimum atomic E-state index is -4.01. The third-order valence-corrected chi connectivity index (χ3v) is 3.77. The summed E-state index contributed by atoms with van der Waals surface area (Å²) in [7, 11) is 0. The lowest BCUT2D eigenvalue weighted by molar-refractivity contribution is 0.400. The lowest BCUT2D eigenvalue weighted by Crippen LogP contribution is -1.86. The first-order chi connectivity index (χ1) is 5.90. The second kappa shape index (κ2) is 4.32. The van der Waals surface area contributed by atoms with Crippen molar-refractivity contribution in [2.75, 3.05) is 0 Å². The van der Waals surface area contributed by atoms with E-state index in [1.54, 1.807) is 12.1 Å². The molecule has 1 unspecified atom stereocenters. The van der Waals surface area contributed by atoms with E-state index >= 15 is 0 Å². The molecule has 3 nitrogen and oxygen atoms in total. The molecule has 0 aliphatic rings. The number of hydrogen-bond donors (Lipinski definition) is 1. The van der Waals surface area contributed by atoms with Gasteiger partial charge in [0.05, 0.1) is 4.47 Å². The predicted molar refractivity (Wildman–Crippen MR) is 58.1 cm³/mol. The van der Waals surface area contributed by atoms with E-state index < -0.39 is 6.95 Å². The molecule has 0 spiro atoms. The van der Waals surface area contributed by atoms with Crippen molar-refractivity contribution in [2.45, 2.75) is 0 Å². The topological polar surface area (TPSA) is 46.5 Å². The van der Waals surface area contributed by atoms with Crippen LogP contribution in [0.4, 0.5) is 0 Å². The van der Waals surface area contributed by atoms with Gasteiger partial charge in [-0.05, 0) is 44.0 Å². The highest BCUT2D eigenvalue weighted by Crippen LogP contribution is 2.50. The van der Waals surface area contributed by atoms with E-state index in [0.717, 1.165) is 4.47 Å². The Morgan fingerprint density at radius 3 is 2.62 bits per heavy atom. The summed E-state index contributed by atoms with van der Waals surface area (Å²) in [4.78, 5) is 8.75. The van der Waals surface area contributed by atoms with Crippen LogP contribution in [0.2, 0.25) is 0 Å². The molecule has 0 amide bonds. The van der Waals surface area contributed by atoms with Crippen LogP contribution >= 0.6 is 50.0 Å². The predicted octanol–water partition coefficient (Wildman–Crippen LogP) is 3.93. The summed E-state index contributed by atoms with van der Waals surface area (Å²) >= 11 is 11.4. The van der Waals surface area contributed by atoms with Crippen molar-refractivity contribution in [1.29, 1.82) is 0 Å². The molecule has 1 N–H and O–H groups in total. The average Bonchev–Trinajstić information content (AvgIpc) is 1.96. The van der Waals surface area contributed by atoms with Gasteiger partial charge in [0.25, 0.3) is 0 Å².